The summed E-state index contributed by atoms with van der Waals surface area (Å²) in [7, 11) is 0. The fourth-order valence-corrected chi connectivity index (χ4v) is 2.09. The van der Waals surface area contributed by atoms with Crippen LogP contribution in [0.2, 0.25) is 0 Å². The Kier molecular flexibility index (Phi) is 4.79. The number of hydrogen-bond donors (Lipinski definition) is 0. The summed E-state index contributed by atoms with van der Waals surface area (Å²) < 4.78 is 0. The van der Waals surface area contributed by atoms with Crippen molar-refractivity contribution in [2.45, 2.75) is 40.5 Å². The van der Waals surface area contributed by atoms with Gasteiger partial charge in [-0.1, -0.05) is 58.5 Å². The van der Waals surface area contributed by atoms with Crippen molar-refractivity contribution in [3.63, 3.8) is 0 Å². The van der Waals surface area contributed by atoms with E-state index in [1.165, 1.54) is 16.7 Å². The van der Waals surface area contributed by atoms with Gasteiger partial charge in [-0.3, -0.25) is 0 Å². The average Bonchev–Trinajstić information content (AvgIpc) is 2.16. The minimum atomic E-state index is 0.680. The lowest BCUT2D eigenvalue weighted by atomic mass is 9.90. The molecule has 0 aliphatic heterocycles. The van der Waals surface area contributed by atoms with Crippen LogP contribution < -0.4 is 0 Å². The van der Waals surface area contributed by atoms with Crippen molar-refractivity contribution < 1.29 is 0 Å². The highest BCUT2D eigenvalue weighted by Crippen LogP contribution is 2.25. The molecule has 0 heteroatoms. The monoisotopic (exact) mass is 216 g/mol. The molecule has 0 atom stereocenters. The number of rotatable bonds is 5. The van der Waals surface area contributed by atoms with E-state index in [0.29, 0.717) is 11.8 Å². The molecular weight excluding hydrogens is 192 g/mol. The fourth-order valence-electron chi connectivity index (χ4n) is 2.09. The normalized spacial score (nSPS) is 11.1. The van der Waals surface area contributed by atoms with E-state index in [9.17, 15) is 0 Å². The van der Waals surface area contributed by atoms with Crippen molar-refractivity contribution in [2.24, 2.45) is 11.8 Å². The van der Waals surface area contributed by atoms with Crippen molar-refractivity contribution in [3.05, 3.63) is 42.0 Å². The lowest BCUT2D eigenvalue weighted by Gasteiger charge is -2.15. The fraction of sp³-hybridized carbons (Fsp3) is 0.500. The van der Waals surface area contributed by atoms with Crippen LogP contribution in [0.25, 0.3) is 5.57 Å². The van der Waals surface area contributed by atoms with Crippen molar-refractivity contribution >= 4 is 5.57 Å². The van der Waals surface area contributed by atoms with Crippen LogP contribution in [-0.4, -0.2) is 0 Å². The second-order valence-electron chi connectivity index (χ2n) is 5.46. The zero-order valence-electron chi connectivity index (χ0n) is 11.1. The van der Waals surface area contributed by atoms with Crippen LogP contribution in [-0.2, 0) is 6.42 Å². The molecule has 0 bridgehead atoms. The van der Waals surface area contributed by atoms with Crippen LogP contribution in [0.15, 0.2) is 30.8 Å². The first-order valence-electron chi connectivity index (χ1n) is 6.26. The third-order valence-electron chi connectivity index (χ3n) is 2.68. The van der Waals surface area contributed by atoms with Crippen LogP contribution in [0.4, 0.5) is 0 Å². The first kappa shape index (κ1) is 13.0. The Labute approximate surface area is 100 Å². The van der Waals surface area contributed by atoms with E-state index >= 15 is 0 Å². The summed E-state index contributed by atoms with van der Waals surface area (Å²) in [6.07, 6.45) is 2.24. The molecule has 16 heavy (non-hydrogen) atoms. The van der Waals surface area contributed by atoms with Crippen LogP contribution >= 0.6 is 0 Å². The lowest BCUT2D eigenvalue weighted by Crippen LogP contribution is -2.00. The Morgan fingerprint density at radius 2 is 1.69 bits per heavy atom. The number of hydrogen-bond acceptors (Lipinski definition) is 0. The lowest BCUT2D eigenvalue weighted by molar-refractivity contribution is 0.643. The Bertz CT molecular complexity index is 345. The van der Waals surface area contributed by atoms with E-state index < -0.39 is 0 Å². The summed E-state index contributed by atoms with van der Waals surface area (Å²) >= 11 is 0. The van der Waals surface area contributed by atoms with Gasteiger partial charge >= 0.3 is 0 Å². The topological polar surface area (TPSA) is 0 Å². The largest absolute Gasteiger partial charge is 0.0952 e. The minimum absolute atomic E-state index is 0.680. The van der Waals surface area contributed by atoms with Gasteiger partial charge in [0.25, 0.3) is 0 Å². The molecule has 88 valence electrons. The molecule has 0 aromatic heterocycles. The van der Waals surface area contributed by atoms with E-state index in [-0.39, 0.29) is 0 Å². The van der Waals surface area contributed by atoms with E-state index in [4.69, 9.17) is 0 Å². The van der Waals surface area contributed by atoms with Gasteiger partial charge in [0.2, 0.25) is 0 Å². The smallest absolute Gasteiger partial charge is 0.0198 e. The molecule has 0 aliphatic carbocycles. The summed E-state index contributed by atoms with van der Waals surface area (Å²) in [5.74, 6) is 1.38. The first-order valence-corrected chi connectivity index (χ1v) is 6.26. The summed E-state index contributed by atoms with van der Waals surface area (Å²) in [4.78, 5) is 0. The number of allylic oxidation sites excluding steroid dienone is 1. The van der Waals surface area contributed by atoms with E-state index in [0.717, 1.165) is 12.8 Å². The first-order chi connectivity index (χ1) is 7.50. The van der Waals surface area contributed by atoms with Crippen molar-refractivity contribution in [2.75, 3.05) is 0 Å². The summed E-state index contributed by atoms with van der Waals surface area (Å²) in [5.41, 5.74) is 4.10. The van der Waals surface area contributed by atoms with Crippen LogP contribution in [0.5, 0.6) is 0 Å². The SMILES string of the molecule is C=C(CC(C)C)c1ccccc1CC(C)C. The van der Waals surface area contributed by atoms with Gasteiger partial charge in [0.15, 0.2) is 0 Å². The molecule has 0 heterocycles. The maximum absolute atomic E-state index is 4.23. The molecule has 1 rings (SSSR count). The van der Waals surface area contributed by atoms with Crippen molar-refractivity contribution in [3.8, 4) is 0 Å². The van der Waals surface area contributed by atoms with Gasteiger partial charge in [-0.05, 0) is 41.4 Å². The zero-order chi connectivity index (χ0) is 12.1. The van der Waals surface area contributed by atoms with Crippen LogP contribution in [0.1, 0.15) is 45.2 Å². The molecule has 0 saturated heterocycles. The molecule has 1 aromatic carbocycles. The van der Waals surface area contributed by atoms with Gasteiger partial charge in [-0.15, -0.1) is 0 Å². The molecule has 0 unspecified atom stereocenters. The Morgan fingerprint density at radius 3 is 2.25 bits per heavy atom. The summed E-state index contributed by atoms with van der Waals surface area (Å²) in [6, 6.07) is 8.69. The standard InChI is InChI=1S/C16H24/c1-12(2)10-14(5)16-9-7-6-8-15(16)11-13(3)4/h6-9,12-13H,5,10-11H2,1-4H3. The van der Waals surface area contributed by atoms with Crippen LogP contribution in [0, 0.1) is 11.8 Å². The van der Waals surface area contributed by atoms with Gasteiger partial charge in [0, 0.05) is 0 Å². The maximum atomic E-state index is 4.23. The highest BCUT2D eigenvalue weighted by atomic mass is 14.1. The summed E-state index contributed by atoms with van der Waals surface area (Å²) in [6.45, 7) is 13.3. The molecule has 0 radical (unpaired) electrons. The van der Waals surface area contributed by atoms with E-state index in [1.807, 2.05) is 0 Å². The van der Waals surface area contributed by atoms with Crippen molar-refractivity contribution in [1.82, 2.24) is 0 Å². The second-order valence-corrected chi connectivity index (χ2v) is 5.46. The predicted octanol–water partition coefficient (Wildman–Crippen LogP) is 4.94. The highest BCUT2D eigenvalue weighted by molar-refractivity contribution is 5.66. The number of benzene rings is 1. The molecule has 0 aliphatic rings. The van der Waals surface area contributed by atoms with E-state index in [2.05, 4.69) is 58.5 Å². The molecule has 0 saturated carbocycles. The third kappa shape index (κ3) is 3.84. The molecule has 0 N–H and O–H groups in total. The Balaban J connectivity index is 2.89. The quantitative estimate of drug-likeness (QED) is 0.653. The summed E-state index contributed by atoms with van der Waals surface area (Å²) in [5, 5.41) is 0. The van der Waals surface area contributed by atoms with E-state index in [1.54, 1.807) is 0 Å². The van der Waals surface area contributed by atoms with Gasteiger partial charge in [0.1, 0.15) is 0 Å². The molecular formula is C16H24. The molecule has 0 amide bonds. The van der Waals surface area contributed by atoms with Crippen molar-refractivity contribution in [1.29, 1.82) is 0 Å². The second kappa shape index (κ2) is 5.89. The molecule has 0 fully saturated rings. The molecule has 0 nitrogen and oxygen atoms in total. The van der Waals surface area contributed by atoms with Gasteiger partial charge in [-0.2, -0.15) is 0 Å². The average molecular weight is 216 g/mol. The Morgan fingerprint density at radius 1 is 1.06 bits per heavy atom. The van der Waals surface area contributed by atoms with Gasteiger partial charge in [-0.25, -0.2) is 0 Å². The zero-order valence-corrected chi connectivity index (χ0v) is 11.1. The van der Waals surface area contributed by atoms with Gasteiger partial charge in [0.05, 0.1) is 0 Å². The molecule has 0 spiro atoms. The van der Waals surface area contributed by atoms with Crippen LogP contribution in [0.3, 0.4) is 0 Å². The third-order valence-corrected chi connectivity index (χ3v) is 2.68. The predicted molar refractivity (Wildman–Crippen MR) is 73.5 cm³/mol. The van der Waals surface area contributed by atoms with Gasteiger partial charge < -0.3 is 0 Å². The Hall–Kier alpha value is -1.04. The highest BCUT2D eigenvalue weighted by Gasteiger charge is 2.08. The minimum Gasteiger partial charge on any atom is -0.0952 e. The maximum Gasteiger partial charge on any atom is -0.0198 e. The molecule has 1 aromatic rings.